The van der Waals surface area contributed by atoms with Crippen LogP contribution in [0.3, 0.4) is 0 Å². The van der Waals surface area contributed by atoms with Crippen LogP contribution in [0, 0.1) is 6.92 Å². The van der Waals surface area contributed by atoms with Crippen LogP contribution in [0.4, 0.5) is 0 Å². The molecule has 146 valence electrons. The summed E-state index contributed by atoms with van der Waals surface area (Å²) >= 11 is 0. The number of aromatic amines is 1. The molecule has 1 fully saturated rings. The number of hydrogen-bond acceptors (Lipinski definition) is 5. The maximum Gasteiger partial charge on any atom is 0.273 e. The Hall–Kier alpha value is -2.80. The van der Waals surface area contributed by atoms with Gasteiger partial charge in [-0.1, -0.05) is 13.8 Å². The van der Waals surface area contributed by atoms with Crippen molar-refractivity contribution in [3.05, 3.63) is 52.4 Å². The Kier molecular flexibility index (Phi) is 5.09. The van der Waals surface area contributed by atoms with E-state index in [1.807, 2.05) is 6.08 Å². The molecule has 1 aliphatic heterocycles. The molecule has 0 radical (unpaired) electrons. The fraction of sp³-hybridized carbons (Fsp3) is 0.429. The molecule has 0 aromatic carbocycles. The zero-order valence-electron chi connectivity index (χ0n) is 16.6. The highest BCUT2D eigenvalue weighted by molar-refractivity contribution is 6.32. The summed E-state index contributed by atoms with van der Waals surface area (Å²) in [4.78, 5) is 26.6. The summed E-state index contributed by atoms with van der Waals surface area (Å²) in [6.07, 6.45) is 7.47. The van der Waals surface area contributed by atoms with Gasteiger partial charge in [0.25, 0.3) is 5.91 Å². The topological polar surface area (TPSA) is 86.3 Å². The first kappa shape index (κ1) is 18.6. The Labute approximate surface area is 165 Å². The fourth-order valence-corrected chi connectivity index (χ4v) is 3.78. The van der Waals surface area contributed by atoms with Crippen molar-refractivity contribution in [1.82, 2.24) is 25.3 Å². The van der Waals surface area contributed by atoms with E-state index in [1.54, 1.807) is 12.3 Å². The minimum absolute atomic E-state index is 0.201. The van der Waals surface area contributed by atoms with E-state index >= 15 is 0 Å². The second-order valence-electron chi connectivity index (χ2n) is 7.35. The van der Waals surface area contributed by atoms with Gasteiger partial charge in [-0.05, 0) is 62.0 Å². The number of aromatic nitrogens is 3. The molecule has 7 heteroatoms. The normalized spacial score (nSPS) is 18.1. The van der Waals surface area contributed by atoms with Crippen molar-refractivity contribution in [3.63, 3.8) is 0 Å². The van der Waals surface area contributed by atoms with Gasteiger partial charge in [0.05, 0.1) is 11.3 Å². The van der Waals surface area contributed by atoms with Crippen LogP contribution in [0.25, 0.3) is 6.08 Å². The Morgan fingerprint density at radius 3 is 2.71 bits per heavy atom. The highest BCUT2D eigenvalue weighted by atomic mass is 16.2. The summed E-state index contributed by atoms with van der Waals surface area (Å²) in [5.74, 6) is 0.374. The first-order chi connectivity index (χ1) is 13.6. The van der Waals surface area contributed by atoms with E-state index in [0.29, 0.717) is 22.9 Å². The van der Waals surface area contributed by atoms with E-state index in [4.69, 9.17) is 0 Å². The maximum atomic E-state index is 12.5. The van der Waals surface area contributed by atoms with E-state index < -0.39 is 0 Å². The van der Waals surface area contributed by atoms with Crippen LogP contribution in [-0.4, -0.2) is 44.6 Å². The van der Waals surface area contributed by atoms with Gasteiger partial charge in [0.15, 0.2) is 0 Å². The number of carbonyl (C=O) groups excluding carboxylic acids is 1. The SMILES string of the molecule is CCN(CC)Cc1c(C)[nH]c(C=C2C(=O)NN=C2c2ccncn2)c1C1CC1. The summed E-state index contributed by atoms with van der Waals surface area (Å²) in [5.41, 5.74) is 9.25. The highest BCUT2D eigenvalue weighted by Crippen LogP contribution is 2.45. The zero-order valence-corrected chi connectivity index (χ0v) is 16.6. The second kappa shape index (κ2) is 7.67. The number of hydrazone groups is 1. The van der Waals surface area contributed by atoms with Gasteiger partial charge in [0.1, 0.15) is 12.0 Å². The molecule has 0 spiro atoms. The number of aryl methyl sites for hydroxylation is 1. The molecule has 1 saturated carbocycles. The van der Waals surface area contributed by atoms with Crippen molar-refractivity contribution in [2.45, 2.75) is 46.1 Å². The molecule has 1 amide bonds. The second-order valence-corrected chi connectivity index (χ2v) is 7.35. The van der Waals surface area contributed by atoms with Crippen molar-refractivity contribution < 1.29 is 4.79 Å². The summed E-state index contributed by atoms with van der Waals surface area (Å²) in [6.45, 7) is 9.49. The molecule has 1 aliphatic carbocycles. The third kappa shape index (κ3) is 3.49. The fourth-order valence-electron chi connectivity index (χ4n) is 3.78. The quantitative estimate of drug-likeness (QED) is 0.726. The zero-order chi connectivity index (χ0) is 19.7. The number of amides is 1. The molecular formula is C21H26N6O. The largest absolute Gasteiger partial charge is 0.359 e. The molecule has 0 atom stereocenters. The Morgan fingerprint density at radius 1 is 1.29 bits per heavy atom. The van der Waals surface area contributed by atoms with E-state index in [9.17, 15) is 4.79 Å². The number of hydrogen-bond donors (Lipinski definition) is 2. The van der Waals surface area contributed by atoms with E-state index in [1.165, 1.54) is 36.0 Å². The molecule has 0 unspecified atom stereocenters. The molecule has 3 heterocycles. The van der Waals surface area contributed by atoms with Crippen LogP contribution in [0.1, 0.15) is 60.8 Å². The number of rotatable bonds is 7. The Bertz CT molecular complexity index is 935. The van der Waals surface area contributed by atoms with Gasteiger partial charge in [0.2, 0.25) is 0 Å². The molecule has 2 aromatic heterocycles. The van der Waals surface area contributed by atoms with Gasteiger partial charge in [-0.15, -0.1) is 0 Å². The molecular weight excluding hydrogens is 352 g/mol. The molecule has 4 rings (SSSR count). The minimum Gasteiger partial charge on any atom is -0.359 e. The molecule has 0 bridgehead atoms. The average Bonchev–Trinajstić information content (AvgIpc) is 3.42. The predicted molar refractivity (Wildman–Crippen MR) is 109 cm³/mol. The van der Waals surface area contributed by atoms with Gasteiger partial charge in [-0.2, -0.15) is 5.10 Å². The molecule has 2 N–H and O–H groups in total. The summed E-state index contributed by atoms with van der Waals surface area (Å²) in [6, 6.07) is 1.76. The van der Waals surface area contributed by atoms with E-state index in [2.05, 4.69) is 51.2 Å². The van der Waals surface area contributed by atoms with Crippen LogP contribution >= 0.6 is 0 Å². The van der Waals surface area contributed by atoms with Crippen LogP contribution < -0.4 is 5.43 Å². The minimum atomic E-state index is -0.201. The van der Waals surface area contributed by atoms with Crippen LogP contribution in [0.15, 0.2) is 29.3 Å². The van der Waals surface area contributed by atoms with Crippen LogP contribution in [-0.2, 0) is 11.3 Å². The molecule has 7 nitrogen and oxygen atoms in total. The van der Waals surface area contributed by atoms with Crippen molar-refractivity contribution >= 4 is 17.7 Å². The molecule has 28 heavy (non-hydrogen) atoms. The summed E-state index contributed by atoms with van der Waals surface area (Å²) < 4.78 is 0. The van der Waals surface area contributed by atoms with Crippen LogP contribution in [0.5, 0.6) is 0 Å². The van der Waals surface area contributed by atoms with E-state index in [0.717, 1.165) is 25.3 Å². The van der Waals surface area contributed by atoms with Crippen molar-refractivity contribution in [2.75, 3.05) is 13.1 Å². The number of nitrogens with one attached hydrogen (secondary N) is 2. The van der Waals surface area contributed by atoms with Crippen LogP contribution in [0.2, 0.25) is 0 Å². The lowest BCUT2D eigenvalue weighted by molar-refractivity contribution is -0.116. The Morgan fingerprint density at radius 2 is 2.07 bits per heavy atom. The molecule has 2 aliphatic rings. The molecule has 0 saturated heterocycles. The lowest BCUT2D eigenvalue weighted by atomic mass is 10.00. The van der Waals surface area contributed by atoms with Crippen molar-refractivity contribution in [1.29, 1.82) is 0 Å². The lowest BCUT2D eigenvalue weighted by Gasteiger charge is -2.19. The number of H-pyrrole nitrogens is 1. The summed E-state index contributed by atoms with van der Waals surface area (Å²) in [7, 11) is 0. The summed E-state index contributed by atoms with van der Waals surface area (Å²) in [5, 5.41) is 4.20. The first-order valence-electron chi connectivity index (χ1n) is 9.92. The van der Waals surface area contributed by atoms with Gasteiger partial charge < -0.3 is 4.98 Å². The third-order valence-electron chi connectivity index (χ3n) is 5.53. The first-order valence-corrected chi connectivity index (χ1v) is 9.92. The van der Waals surface area contributed by atoms with Crippen molar-refractivity contribution in [2.24, 2.45) is 5.10 Å². The third-order valence-corrected chi connectivity index (χ3v) is 5.53. The smallest absolute Gasteiger partial charge is 0.273 e. The number of carbonyl (C=O) groups is 1. The lowest BCUT2D eigenvalue weighted by Crippen LogP contribution is -2.22. The van der Waals surface area contributed by atoms with Crippen molar-refractivity contribution in [3.8, 4) is 0 Å². The number of nitrogens with zero attached hydrogens (tertiary/aromatic N) is 4. The highest BCUT2D eigenvalue weighted by Gasteiger charge is 2.32. The van der Waals surface area contributed by atoms with Gasteiger partial charge in [0, 0.05) is 24.1 Å². The van der Waals surface area contributed by atoms with E-state index in [-0.39, 0.29) is 5.91 Å². The standard InChI is InChI=1S/C21H26N6O/c1-4-27(5-2)11-16-13(3)24-18(19(16)14-6-7-14)10-15-20(25-26-21(15)28)17-8-9-22-12-23-17/h8-10,12,14,24H,4-7,11H2,1-3H3,(H,26,28). The monoisotopic (exact) mass is 378 g/mol. The van der Waals surface area contributed by atoms with Gasteiger partial charge in [-0.25, -0.2) is 15.4 Å². The Balaban J connectivity index is 1.75. The van der Waals surface area contributed by atoms with Gasteiger partial charge in [-0.3, -0.25) is 9.69 Å². The molecule has 2 aromatic rings. The average molecular weight is 378 g/mol. The maximum absolute atomic E-state index is 12.5. The van der Waals surface area contributed by atoms with Gasteiger partial charge >= 0.3 is 0 Å². The predicted octanol–water partition coefficient (Wildman–Crippen LogP) is 2.75.